The molecule has 0 rings (SSSR count). The van der Waals surface area contributed by atoms with Gasteiger partial charge in [0, 0.05) is 13.1 Å². The van der Waals surface area contributed by atoms with Gasteiger partial charge < -0.3 is 20.1 Å². The zero-order valence-electron chi connectivity index (χ0n) is 9.33. The Morgan fingerprint density at radius 2 is 1.53 bits per heavy atom. The Balaban J connectivity index is -0.000000980. The van der Waals surface area contributed by atoms with Crippen LogP contribution in [-0.4, -0.2) is 38.0 Å². The predicted molar refractivity (Wildman–Crippen MR) is 68.1 cm³/mol. The van der Waals surface area contributed by atoms with Gasteiger partial charge in [-0.15, -0.1) is 0 Å². The van der Waals surface area contributed by atoms with E-state index in [0.29, 0.717) is 13.1 Å². The van der Waals surface area contributed by atoms with E-state index in [2.05, 4.69) is 10.6 Å². The first-order valence-electron chi connectivity index (χ1n) is 4.95. The number of hydrogen-bond donors (Lipinski definition) is 2. The van der Waals surface area contributed by atoms with E-state index in [1.54, 1.807) is 20.8 Å². The highest BCUT2D eigenvalue weighted by Gasteiger charge is 2.10. The van der Waals surface area contributed by atoms with Gasteiger partial charge in [-0.2, -0.15) is 0 Å². The van der Waals surface area contributed by atoms with Crippen LogP contribution in [0.5, 0.6) is 0 Å². The molecule has 0 fully saturated rings. The van der Waals surface area contributed by atoms with Gasteiger partial charge in [0.1, 0.15) is 12.7 Å². The molecule has 0 saturated carbocycles. The van der Waals surface area contributed by atoms with Crippen molar-refractivity contribution in [2.24, 2.45) is 0 Å². The minimum Gasteiger partial charge on any atom is -0.446 e. The molecule has 0 spiro atoms. The summed E-state index contributed by atoms with van der Waals surface area (Å²) in [6.07, 6.45) is -1.48. The number of carbonyl (C=O) groups is 2. The number of nitrogens with one attached hydrogen (secondary N) is 2. The predicted octanol–water partition coefficient (Wildman–Crippen LogP) is 2.14. The SMILES string of the molecule is C.C.CCNC(=O)OCC(C)OC(=O)NCC. The van der Waals surface area contributed by atoms with Crippen molar-refractivity contribution in [2.75, 3.05) is 19.7 Å². The fourth-order valence-corrected chi connectivity index (χ4v) is 0.791. The van der Waals surface area contributed by atoms with Gasteiger partial charge in [0.15, 0.2) is 0 Å². The van der Waals surface area contributed by atoms with Crippen molar-refractivity contribution in [3.8, 4) is 0 Å². The Bertz CT molecular complexity index is 210. The van der Waals surface area contributed by atoms with Gasteiger partial charge in [0.2, 0.25) is 0 Å². The van der Waals surface area contributed by atoms with Crippen LogP contribution in [0.2, 0.25) is 0 Å². The Morgan fingerprint density at radius 1 is 1.06 bits per heavy atom. The van der Waals surface area contributed by atoms with E-state index in [4.69, 9.17) is 9.47 Å². The largest absolute Gasteiger partial charge is 0.446 e. The maximum absolute atomic E-state index is 10.9. The van der Waals surface area contributed by atoms with Gasteiger partial charge in [-0.25, -0.2) is 9.59 Å². The Labute approximate surface area is 104 Å². The van der Waals surface area contributed by atoms with E-state index in [9.17, 15) is 9.59 Å². The molecule has 6 nitrogen and oxygen atoms in total. The van der Waals surface area contributed by atoms with Crippen LogP contribution in [0.15, 0.2) is 0 Å². The van der Waals surface area contributed by atoms with E-state index in [1.165, 1.54) is 0 Å². The quantitative estimate of drug-likeness (QED) is 0.783. The Kier molecular flexibility index (Phi) is 15.5. The van der Waals surface area contributed by atoms with Gasteiger partial charge in [-0.1, -0.05) is 14.9 Å². The molecule has 6 heteroatoms. The summed E-state index contributed by atoms with van der Waals surface area (Å²) in [5.41, 5.74) is 0. The molecule has 0 aliphatic rings. The molecule has 1 atom stereocenters. The maximum Gasteiger partial charge on any atom is 0.407 e. The van der Waals surface area contributed by atoms with E-state index >= 15 is 0 Å². The highest BCUT2D eigenvalue weighted by atomic mass is 16.6. The first-order chi connectivity index (χ1) is 7.10. The van der Waals surface area contributed by atoms with E-state index in [1.807, 2.05) is 0 Å². The second-order valence-electron chi connectivity index (χ2n) is 2.88. The minimum atomic E-state index is -0.510. The number of rotatable bonds is 5. The van der Waals surface area contributed by atoms with Gasteiger partial charge >= 0.3 is 12.2 Å². The summed E-state index contributed by atoms with van der Waals surface area (Å²) in [5.74, 6) is 0. The number of carbonyl (C=O) groups excluding carboxylic acids is 2. The highest BCUT2D eigenvalue weighted by Crippen LogP contribution is 1.93. The lowest BCUT2D eigenvalue weighted by molar-refractivity contribution is 0.0535. The molecule has 1 unspecified atom stereocenters. The summed E-state index contributed by atoms with van der Waals surface area (Å²) in [7, 11) is 0. The summed E-state index contributed by atoms with van der Waals surface area (Å²) < 4.78 is 9.63. The van der Waals surface area contributed by atoms with Crippen molar-refractivity contribution in [1.82, 2.24) is 10.6 Å². The Morgan fingerprint density at radius 3 is 2.00 bits per heavy atom. The third kappa shape index (κ3) is 12.5. The van der Waals surface area contributed by atoms with Gasteiger partial charge in [-0.3, -0.25) is 0 Å². The summed E-state index contributed by atoms with van der Waals surface area (Å²) in [5, 5.41) is 4.93. The first kappa shape index (κ1) is 20.9. The van der Waals surface area contributed by atoms with Crippen molar-refractivity contribution >= 4 is 12.2 Å². The van der Waals surface area contributed by atoms with Crippen LogP contribution >= 0.6 is 0 Å². The lowest BCUT2D eigenvalue weighted by atomic mass is 10.4. The van der Waals surface area contributed by atoms with Crippen molar-refractivity contribution in [3.05, 3.63) is 0 Å². The molecule has 2 amide bonds. The monoisotopic (exact) mass is 250 g/mol. The second kappa shape index (κ2) is 12.6. The van der Waals surface area contributed by atoms with Crippen LogP contribution in [-0.2, 0) is 9.47 Å². The van der Waals surface area contributed by atoms with Crippen molar-refractivity contribution in [3.63, 3.8) is 0 Å². The summed E-state index contributed by atoms with van der Waals surface area (Å²) >= 11 is 0. The average molecular weight is 250 g/mol. The van der Waals surface area contributed by atoms with Crippen LogP contribution in [0.4, 0.5) is 9.59 Å². The average Bonchev–Trinajstić information content (AvgIpc) is 2.15. The number of amides is 2. The third-order valence-corrected chi connectivity index (χ3v) is 1.40. The van der Waals surface area contributed by atoms with Crippen LogP contribution < -0.4 is 10.6 Å². The molecule has 0 aliphatic carbocycles. The molecular formula is C11H26N2O4. The van der Waals surface area contributed by atoms with E-state index < -0.39 is 18.3 Å². The first-order valence-corrected chi connectivity index (χ1v) is 4.95. The van der Waals surface area contributed by atoms with Crippen LogP contribution in [0, 0.1) is 0 Å². The zero-order valence-corrected chi connectivity index (χ0v) is 9.33. The van der Waals surface area contributed by atoms with Gasteiger partial charge in [0.05, 0.1) is 0 Å². The van der Waals surface area contributed by atoms with Gasteiger partial charge in [-0.05, 0) is 20.8 Å². The fourth-order valence-electron chi connectivity index (χ4n) is 0.791. The molecular weight excluding hydrogens is 224 g/mol. The summed E-state index contributed by atoms with van der Waals surface area (Å²) in [6, 6.07) is 0. The molecule has 0 radical (unpaired) electrons. The minimum absolute atomic E-state index is 0. The van der Waals surface area contributed by atoms with Crippen LogP contribution in [0.1, 0.15) is 35.6 Å². The lowest BCUT2D eigenvalue weighted by Gasteiger charge is -2.13. The van der Waals surface area contributed by atoms with Crippen molar-refractivity contribution in [1.29, 1.82) is 0 Å². The molecule has 2 N–H and O–H groups in total. The molecule has 0 aromatic rings. The van der Waals surface area contributed by atoms with E-state index in [-0.39, 0.29) is 21.5 Å². The standard InChI is InChI=1S/C9H18N2O4.2CH4/c1-4-10-8(12)14-6-7(3)15-9(13)11-5-2;;/h7H,4-6H2,1-3H3,(H,10,12)(H,11,13);2*1H4. The Hall–Kier alpha value is -1.46. The smallest absolute Gasteiger partial charge is 0.407 e. The van der Waals surface area contributed by atoms with Crippen LogP contribution in [0.25, 0.3) is 0 Å². The molecule has 0 heterocycles. The number of alkyl carbamates (subject to hydrolysis) is 2. The normalized spacial score (nSPS) is 10.1. The van der Waals surface area contributed by atoms with Crippen LogP contribution in [0.3, 0.4) is 0 Å². The van der Waals surface area contributed by atoms with Crippen molar-refractivity contribution in [2.45, 2.75) is 41.7 Å². The molecule has 104 valence electrons. The zero-order chi connectivity index (χ0) is 11.7. The number of hydrogen-bond acceptors (Lipinski definition) is 4. The summed E-state index contributed by atoms with van der Waals surface area (Å²) in [4.78, 5) is 21.8. The molecule has 0 aromatic heterocycles. The second-order valence-corrected chi connectivity index (χ2v) is 2.88. The molecule has 17 heavy (non-hydrogen) atoms. The molecule has 0 bridgehead atoms. The molecule has 0 saturated heterocycles. The molecule has 0 aromatic carbocycles. The third-order valence-electron chi connectivity index (χ3n) is 1.40. The lowest BCUT2D eigenvalue weighted by Crippen LogP contribution is -2.32. The fraction of sp³-hybridized carbons (Fsp3) is 0.818. The summed E-state index contributed by atoms with van der Waals surface area (Å²) in [6.45, 7) is 6.28. The number of ether oxygens (including phenoxy) is 2. The maximum atomic E-state index is 10.9. The van der Waals surface area contributed by atoms with Crippen molar-refractivity contribution < 1.29 is 19.1 Å². The van der Waals surface area contributed by atoms with E-state index in [0.717, 1.165) is 0 Å². The highest BCUT2D eigenvalue weighted by molar-refractivity contribution is 5.68. The topological polar surface area (TPSA) is 76.7 Å². The van der Waals surface area contributed by atoms with Gasteiger partial charge in [0.25, 0.3) is 0 Å². The molecule has 0 aliphatic heterocycles.